The van der Waals surface area contributed by atoms with Crippen LogP contribution in [0.5, 0.6) is 11.5 Å². The van der Waals surface area contributed by atoms with Crippen molar-refractivity contribution >= 4 is 5.69 Å². The number of phenolic OH excluding ortho intramolecular Hbond substituents is 2. The molecule has 2 rings (SSSR count). The maximum absolute atomic E-state index is 9.51. The number of rotatable bonds is 4. The summed E-state index contributed by atoms with van der Waals surface area (Å²) in [5, 5.41) is 26.7. The van der Waals surface area contributed by atoms with Crippen molar-refractivity contribution < 1.29 is 10.2 Å². The molecule has 0 radical (unpaired) electrons. The van der Waals surface area contributed by atoms with Gasteiger partial charge >= 0.3 is 0 Å². The quantitative estimate of drug-likeness (QED) is 0.791. The minimum atomic E-state index is -0.0347. The number of aromatic nitrogens is 2. The van der Waals surface area contributed by atoms with Gasteiger partial charge in [-0.05, 0) is 31.0 Å². The first-order valence-electron chi connectivity index (χ1n) is 6.31. The van der Waals surface area contributed by atoms with E-state index in [4.69, 9.17) is 0 Å². The first-order valence-corrected chi connectivity index (χ1v) is 6.31. The fraction of sp³-hybridized carbons (Fsp3) is 0.357. The zero-order valence-corrected chi connectivity index (χ0v) is 11.4. The number of benzene rings is 1. The number of nitrogens with one attached hydrogen (secondary N) is 1. The van der Waals surface area contributed by atoms with Gasteiger partial charge in [-0.25, -0.2) is 0 Å². The van der Waals surface area contributed by atoms with Gasteiger partial charge < -0.3 is 15.5 Å². The molecule has 5 nitrogen and oxygen atoms in total. The van der Waals surface area contributed by atoms with Crippen LogP contribution in [-0.2, 0) is 13.5 Å². The molecule has 19 heavy (non-hydrogen) atoms. The van der Waals surface area contributed by atoms with Crippen molar-refractivity contribution in [3.63, 3.8) is 0 Å². The molecule has 0 aliphatic heterocycles. The van der Waals surface area contributed by atoms with Crippen LogP contribution < -0.4 is 5.32 Å². The second-order valence-electron chi connectivity index (χ2n) is 4.67. The van der Waals surface area contributed by atoms with Crippen LogP contribution in [0.1, 0.15) is 31.1 Å². The average molecular weight is 261 g/mol. The summed E-state index contributed by atoms with van der Waals surface area (Å²) in [6, 6.07) is 4.56. The Hall–Kier alpha value is -2.17. The van der Waals surface area contributed by atoms with Gasteiger partial charge in [0, 0.05) is 25.4 Å². The molecular formula is C14H19N3O2. The summed E-state index contributed by atoms with van der Waals surface area (Å²) in [6.07, 6.45) is 2.78. The molecule has 0 aliphatic rings. The number of hydrogen-bond donors (Lipinski definition) is 3. The number of aromatic hydroxyl groups is 2. The van der Waals surface area contributed by atoms with Crippen molar-refractivity contribution in [3.05, 3.63) is 35.7 Å². The fourth-order valence-corrected chi connectivity index (χ4v) is 2.10. The maximum atomic E-state index is 9.51. The monoisotopic (exact) mass is 261 g/mol. The summed E-state index contributed by atoms with van der Waals surface area (Å²) < 4.78 is 1.77. The Labute approximate surface area is 112 Å². The van der Waals surface area contributed by atoms with Gasteiger partial charge in [-0.15, -0.1) is 0 Å². The van der Waals surface area contributed by atoms with Gasteiger partial charge in [-0.2, -0.15) is 5.10 Å². The van der Waals surface area contributed by atoms with Gasteiger partial charge in [-0.3, -0.25) is 4.68 Å². The van der Waals surface area contributed by atoms with E-state index in [1.54, 1.807) is 16.8 Å². The van der Waals surface area contributed by atoms with E-state index in [1.165, 1.54) is 6.07 Å². The van der Waals surface area contributed by atoms with Crippen molar-refractivity contribution in [1.82, 2.24) is 9.78 Å². The average Bonchev–Trinajstić information content (AvgIpc) is 2.68. The molecular weight excluding hydrogens is 242 g/mol. The third kappa shape index (κ3) is 2.99. The van der Waals surface area contributed by atoms with Crippen molar-refractivity contribution in [2.45, 2.75) is 26.3 Å². The molecule has 102 valence electrons. The Kier molecular flexibility index (Phi) is 3.64. The smallest absolute Gasteiger partial charge is 0.119 e. The van der Waals surface area contributed by atoms with Crippen LogP contribution in [0.25, 0.3) is 0 Å². The highest BCUT2D eigenvalue weighted by Crippen LogP contribution is 2.27. The predicted octanol–water partition coefficient (Wildman–Crippen LogP) is 2.57. The molecule has 1 atom stereocenters. The van der Waals surface area contributed by atoms with Crippen molar-refractivity contribution in [2.24, 2.45) is 7.05 Å². The van der Waals surface area contributed by atoms with Gasteiger partial charge in [0.15, 0.2) is 0 Å². The molecule has 0 saturated heterocycles. The molecule has 1 aromatic heterocycles. The van der Waals surface area contributed by atoms with E-state index in [2.05, 4.69) is 17.3 Å². The Morgan fingerprint density at radius 3 is 2.47 bits per heavy atom. The van der Waals surface area contributed by atoms with Crippen LogP contribution >= 0.6 is 0 Å². The number of hydrogen-bond acceptors (Lipinski definition) is 4. The van der Waals surface area contributed by atoms with E-state index >= 15 is 0 Å². The first kappa shape index (κ1) is 13.3. The van der Waals surface area contributed by atoms with Crippen molar-refractivity contribution in [3.8, 4) is 11.5 Å². The van der Waals surface area contributed by atoms with E-state index in [0.717, 1.165) is 23.4 Å². The second kappa shape index (κ2) is 5.22. The summed E-state index contributed by atoms with van der Waals surface area (Å²) in [5.74, 6) is 0.121. The summed E-state index contributed by atoms with van der Waals surface area (Å²) in [6.45, 7) is 4.03. The molecule has 3 N–H and O–H groups in total. The number of nitrogens with zero attached hydrogens (tertiary/aromatic N) is 2. The zero-order chi connectivity index (χ0) is 14.0. The SMILES string of the molecule is CCc1nn(C)cc1NC(C)c1cc(O)cc(O)c1. The summed E-state index contributed by atoms with van der Waals surface area (Å²) in [7, 11) is 1.88. The Morgan fingerprint density at radius 2 is 1.89 bits per heavy atom. The van der Waals surface area contributed by atoms with Gasteiger partial charge in [0.1, 0.15) is 11.5 Å². The molecule has 0 bridgehead atoms. The van der Waals surface area contributed by atoms with Crippen LogP contribution in [0.4, 0.5) is 5.69 Å². The number of phenols is 2. The highest BCUT2D eigenvalue weighted by Gasteiger charge is 2.12. The highest BCUT2D eigenvalue weighted by atomic mass is 16.3. The predicted molar refractivity (Wildman–Crippen MR) is 74.4 cm³/mol. The Bertz CT molecular complexity index is 558. The van der Waals surface area contributed by atoms with Gasteiger partial charge in [0.25, 0.3) is 0 Å². The third-order valence-corrected chi connectivity index (χ3v) is 3.04. The number of aryl methyl sites for hydroxylation is 2. The van der Waals surface area contributed by atoms with E-state index in [1.807, 2.05) is 20.2 Å². The molecule has 0 amide bonds. The standard InChI is InChI=1S/C14H19N3O2/c1-4-13-14(8-17(3)16-13)15-9(2)10-5-11(18)7-12(19)6-10/h5-9,15,18-19H,4H2,1-3H3. The normalized spacial score (nSPS) is 12.4. The van der Waals surface area contributed by atoms with E-state index in [-0.39, 0.29) is 17.5 Å². The van der Waals surface area contributed by atoms with E-state index in [0.29, 0.717) is 0 Å². The molecule has 0 spiro atoms. The molecule has 5 heteroatoms. The third-order valence-electron chi connectivity index (χ3n) is 3.04. The molecule has 0 aliphatic carbocycles. The van der Waals surface area contributed by atoms with Crippen molar-refractivity contribution in [1.29, 1.82) is 0 Å². The highest BCUT2D eigenvalue weighted by molar-refractivity contribution is 5.49. The lowest BCUT2D eigenvalue weighted by molar-refractivity contribution is 0.448. The van der Waals surface area contributed by atoms with Crippen LogP contribution in [0.3, 0.4) is 0 Å². The zero-order valence-electron chi connectivity index (χ0n) is 11.4. The summed E-state index contributed by atoms with van der Waals surface area (Å²) in [4.78, 5) is 0. The lowest BCUT2D eigenvalue weighted by atomic mass is 10.1. The molecule has 0 saturated carbocycles. The van der Waals surface area contributed by atoms with Crippen LogP contribution in [0.2, 0.25) is 0 Å². The lowest BCUT2D eigenvalue weighted by Gasteiger charge is -2.15. The fourth-order valence-electron chi connectivity index (χ4n) is 2.10. The Morgan fingerprint density at radius 1 is 1.26 bits per heavy atom. The second-order valence-corrected chi connectivity index (χ2v) is 4.67. The summed E-state index contributed by atoms with van der Waals surface area (Å²) in [5.41, 5.74) is 2.79. The maximum Gasteiger partial charge on any atom is 0.119 e. The van der Waals surface area contributed by atoms with Gasteiger partial charge in [-0.1, -0.05) is 6.92 Å². The molecule has 2 aromatic rings. The van der Waals surface area contributed by atoms with Crippen LogP contribution in [0, 0.1) is 0 Å². The Balaban J connectivity index is 2.22. The van der Waals surface area contributed by atoms with E-state index in [9.17, 15) is 10.2 Å². The van der Waals surface area contributed by atoms with E-state index < -0.39 is 0 Å². The van der Waals surface area contributed by atoms with Crippen LogP contribution in [-0.4, -0.2) is 20.0 Å². The topological polar surface area (TPSA) is 70.3 Å². The van der Waals surface area contributed by atoms with Crippen molar-refractivity contribution in [2.75, 3.05) is 5.32 Å². The molecule has 1 unspecified atom stereocenters. The minimum Gasteiger partial charge on any atom is -0.508 e. The largest absolute Gasteiger partial charge is 0.508 e. The number of anilines is 1. The summed E-state index contributed by atoms with van der Waals surface area (Å²) >= 11 is 0. The molecule has 1 heterocycles. The minimum absolute atomic E-state index is 0.0347. The lowest BCUT2D eigenvalue weighted by Crippen LogP contribution is -2.07. The first-order chi connectivity index (χ1) is 8.99. The van der Waals surface area contributed by atoms with Crippen LogP contribution in [0.15, 0.2) is 24.4 Å². The van der Waals surface area contributed by atoms with Gasteiger partial charge in [0.2, 0.25) is 0 Å². The van der Waals surface area contributed by atoms with Gasteiger partial charge in [0.05, 0.1) is 11.4 Å². The molecule has 1 aromatic carbocycles. The molecule has 0 fully saturated rings.